The fourth-order valence-corrected chi connectivity index (χ4v) is 1.86. The van der Waals surface area contributed by atoms with E-state index in [1.807, 2.05) is 7.05 Å². The third kappa shape index (κ3) is 4.00. The summed E-state index contributed by atoms with van der Waals surface area (Å²) in [4.78, 5) is 6.91. The summed E-state index contributed by atoms with van der Waals surface area (Å²) in [5, 5.41) is 3.16. The first kappa shape index (κ1) is 14.0. The van der Waals surface area contributed by atoms with Gasteiger partial charge in [-0.25, -0.2) is 4.98 Å². The van der Waals surface area contributed by atoms with E-state index < -0.39 is 0 Å². The summed E-state index contributed by atoms with van der Waals surface area (Å²) < 4.78 is 0. The van der Waals surface area contributed by atoms with Crippen molar-refractivity contribution in [2.24, 2.45) is 5.92 Å². The zero-order valence-corrected chi connectivity index (χ0v) is 11.7. The molecule has 0 aromatic carbocycles. The molecule has 1 unspecified atom stereocenters. The van der Waals surface area contributed by atoms with Crippen molar-refractivity contribution in [1.82, 2.24) is 10.3 Å². The Bertz CT molecular complexity index is 349. The fraction of sp³-hybridized carbons (Fsp3) is 0.643. The molecular formula is C14H25N3. The molecule has 0 aliphatic heterocycles. The van der Waals surface area contributed by atoms with E-state index in [1.165, 1.54) is 12.0 Å². The summed E-state index contributed by atoms with van der Waals surface area (Å²) in [7, 11) is 4.08. The molecule has 1 heterocycles. The number of nitrogens with one attached hydrogen (secondary N) is 1. The van der Waals surface area contributed by atoms with Crippen molar-refractivity contribution < 1.29 is 0 Å². The molecule has 0 radical (unpaired) electrons. The van der Waals surface area contributed by atoms with Gasteiger partial charge in [0.2, 0.25) is 0 Å². The molecule has 96 valence electrons. The van der Waals surface area contributed by atoms with Gasteiger partial charge in [-0.05, 0) is 31.5 Å². The highest BCUT2D eigenvalue weighted by atomic mass is 15.2. The van der Waals surface area contributed by atoms with Crippen LogP contribution in [-0.4, -0.2) is 25.6 Å². The standard InChI is InChI=1S/C14H25N3/c1-6-11(2)10-17(5)14-8-7-13(9-15-4)12(3)16-14/h7-8,11,15H,6,9-10H2,1-5H3. The van der Waals surface area contributed by atoms with Crippen LogP contribution in [-0.2, 0) is 6.54 Å². The normalized spacial score (nSPS) is 12.5. The van der Waals surface area contributed by atoms with Crippen LogP contribution in [0.5, 0.6) is 0 Å². The number of rotatable bonds is 6. The molecule has 0 saturated heterocycles. The van der Waals surface area contributed by atoms with E-state index in [0.29, 0.717) is 5.92 Å². The van der Waals surface area contributed by atoms with Crippen molar-refractivity contribution in [2.45, 2.75) is 33.7 Å². The summed E-state index contributed by atoms with van der Waals surface area (Å²) in [5.41, 5.74) is 2.39. The summed E-state index contributed by atoms with van der Waals surface area (Å²) in [6, 6.07) is 4.28. The van der Waals surface area contributed by atoms with Gasteiger partial charge in [0.1, 0.15) is 5.82 Å². The Morgan fingerprint density at radius 1 is 1.41 bits per heavy atom. The monoisotopic (exact) mass is 235 g/mol. The zero-order chi connectivity index (χ0) is 12.8. The van der Waals surface area contributed by atoms with E-state index in [0.717, 1.165) is 24.6 Å². The molecule has 3 nitrogen and oxygen atoms in total. The van der Waals surface area contributed by atoms with Crippen LogP contribution in [0.3, 0.4) is 0 Å². The van der Waals surface area contributed by atoms with E-state index in [2.05, 4.69) is 55.2 Å². The van der Waals surface area contributed by atoms with Crippen LogP contribution in [0.15, 0.2) is 12.1 Å². The summed E-state index contributed by atoms with van der Waals surface area (Å²) in [5.74, 6) is 1.78. The van der Waals surface area contributed by atoms with E-state index >= 15 is 0 Å². The maximum atomic E-state index is 4.66. The van der Waals surface area contributed by atoms with Gasteiger partial charge in [0.05, 0.1) is 0 Å². The van der Waals surface area contributed by atoms with E-state index in [9.17, 15) is 0 Å². The highest BCUT2D eigenvalue weighted by Crippen LogP contribution is 2.15. The Hall–Kier alpha value is -1.09. The molecule has 0 aliphatic rings. The second kappa shape index (κ2) is 6.60. The first-order chi connectivity index (χ1) is 8.08. The van der Waals surface area contributed by atoms with E-state index in [4.69, 9.17) is 0 Å². The van der Waals surface area contributed by atoms with Crippen molar-refractivity contribution in [3.8, 4) is 0 Å². The topological polar surface area (TPSA) is 28.2 Å². The van der Waals surface area contributed by atoms with Gasteiger partial charge in [-0.3, -0.25) is 0 Å². The highest BCUT2D eigenvalue weighted by molar-refractivity contribution is 5.40. The Labute approximate surface area is 105 Å². The van der Waals surface area contributed by atoms with Gasteiger partial charge < -0.3 is 10.2 Å². The van der Waals surface area contributed by atoms with Gasteiger partial charge in [-0.15, -0.1) is 0 Å². The summed E-state index contributed by atoms with van der Waals surface area (Å²) in [6.45, 7) is 8.53. The second-order valence-electron chi connectivity index (χ2n) is 4.84. The molecule has 1 aromatic rings. The highest BCUT2D eigenvalue weighted by Gasteiger charge is 2.08. The minimum absolute atomic E-state index is 0.707. The average molecular weight is 235 g/mol. The quantitative estimate of drug-likeness (QED) is 0.821. The minimum Gasteiger partial charge on any atom is -0.359 e. The number of aromatic nitrogens is 1. The molecule has 0 saturated carbocycles. The average Bonchev–Trinajstić information content (AvgIpc) is 2.31. The predicted molar refractivity (Wildman–Crippen MR) is 74.5 cm³/mol. The number of aryl methyl sites for hydroxylation is 1. The first-order valence-corrected chi connectivity index (χ1v) is 6.40. The molecule has 0 fully saturated rings. The van der Waals surface area contributed by atoms with Crippen LogP contribution in [0.1, 0.15) is 31.5 Å². The molecule has 0 spiro atoms. The fourth-order valence-electron chi connectivity index (χ4n) is 1.86. The molecule has 0 amide bonds. The van der Waals surface area contributed by atoms with E-state index in [1.54, 1.807) is 0 Å². The summed E-state index contributed by atoms with van der Waals surface area (Å²) >= 11 is 0. The molecular weight excluding hydrogens is 210 g/mol. The third-order valence-electron chi connectivity index (χ3n) is 3.22. The Morgan fingerprint density at radius 3 is 2.65 bits per heavy atom. The van der Waals surface area contributed by atoms with Crippen molar-refractivity contribution in [1.29, 1.82) is 0 Å². The van der Waals surface area contributed by atoms with Crippen LogP contribution in [0.2, 0.25) is 0 Å². The number of hydrogen-bond acceptors (Lipinski definition) is 3. The molecule has 3 heteroatoms. The molecule has 1 rings (SSSR count). The number of nitrogens with zero attached hydrogens (tertiary/aromatic N) is 2. The SMILES string of the molecule is CCC(C)CN(C)c1ccc(CNC)c(C)n1. The van der Waals surface area contributed by atoms with Crippen molar-refractivity contribution in [3.63, 3.8) is 0 Å². The maximum Gasteiger partial charge on any atom is 0.128 e. The Balaban J connectivity index is 2.75. The molecule has 0 bridgehead atoms. The van der Waals surface area contributed by atoms with Gasteiger partial charge in [0.15, 0.2) is 0 Å². The van der Waals surface area contributed by atoms with Crippen molar-refractivity contribution in [3.05, 3.63) is 23.4 Å². The number of hydrogen-bond donors (Lipinski definition) is 1. The third-order valence-corrected chi connectivity index (χ3v) is 3.22. The van der Waals surface area contributed by atoms with Gasteiger partial charge in [-0.1, -0.05) is 26.3 Å². The van der Waals surface area contributed by atoms with Gasteiger partial charge >= 0.3 is 0 Å². The van der Waals surface area contributed by atoms with Crippen molar-refractivity contribution in [2.75, 3.05) is 25.5 Å². The van der Waals surface area contributed by atoms with Crippen LogP contribution in [0, 0.1) is 12.8 Å². The largest absolute Gasteiger partial charge is 0.359 e. The lowest BCUT2D eigenvalue weighted by atomic mass is 10.1. The molecule has 1 aromatic heterocycles. The Kier molecular flexibility index (Phi) is 5.42. The second-order valence-corrected chi connectivity index (χ2v) is 4.84. The van der Waals surface area contributed by atoms with Crippen molar-refractivity contribution >= 4 is 5.82 Å². The van der Waals surface area contributed by atoms with Gasteiger partial charge in [0.25, 0.3) is 0 Å². The lowest BCUT2D eigenvalue weighted by Crippen LogP contribution is -2.24. The molecule has 1 N–H and O–H groups in total. The lowest BCUT2D eigenvalue weighted by Gasteiger charge is -2.22. The molecule has 0 aliphatic carbocycles. The summed E-state index contributed by atoms with van der Waals surface area (Å²) in [6.07, 6.45) is 1.21. The van der Waals surface area contributed by atoms with Gasteiger partial charge in [0, 0.05) is 25.8 Å². The Morgan fingerprint density at radius 2 is 2.12 bits per heavy atom. The first-order valence-electron chi connectivity index (χ1n) is 6.40. The number of anilines is 1. The zero-order valence-electron chi connectivity index (χ0n) is 11.7. The van der Waals surface area contributed by atoms with Crippen LogP contribution in [0.4, 0.5) is 5.82 Å². The molecule has 1 atom stereocenters. The van der Waals surface area contributed by atoms with E-state index in [-0.39, 0.29) is 0 Å². The molecule has 17 heavy (non-hydrogen) atoms. The van der Waals surface area contributed by atoms with Crippen LogP contribution < -0.4 is 10.2 Å². The lowest BCUT2D eigenvalue weighted by molar-refractivity contribution is 0.557. The van der Waals surface area contributed by atoms with Crippen LogP contribution >= 0.6 is 0 Å². The predicted octanol–water partition coefficient (Wildman–Crippen LogP) is 2.59. The maximum absolute atomic E-state index is 4.66. The van der Waals surface area contributed by atoms with Gasteiger partial charge in [-0.2, -0.15) is 0 Å². The smallest absolute Gasteiger partial charge is 0.128 e. The van der Waals surface area contributed by atoms with Crippen LogP contribution in [0.25, 0.3) is 0 Å². The minimum atomic E-state index is 0.707. The number of pyridine rings is 1.